The minimum Gasteiger partial charge on any atom is -0.396 e. The first kappa shape index (κ1) is 14.4. The lowest BCUT2D eigenvalue weighted by molar-refractivity contribution is 0.258. The van der Waals surface area contributed by atoms with E-state index in [0.29, 0.717) is 5.92 Å². The van der Waals surface area contributed by atoms with Crippen LogP contribution >= 0.6 is 11.6 Å². The summed E-state index contributed by atoms with van der Waals surface area (Å²) in [5.74, 6) is 0.0146. The molecule has 1 rings (SSSR count). The largest absolute Gasteiger partial charge is 0.396 e. The number of hydrogen-bond donors (Lipinski definition) is 2. The molecule has 0 aliphatic carbocycles. The number of aliphatic hydroxyl groups is 1. The molecule has 0 heterocycles. The van der Waals surface area contributed by atoms with Crippen LogP contribution < -0.4 is 5.32 Å². The predicted octanol–water partition coefficient (Wildman–Crippen LogP) is 3.15. The Hall–Kier alpha value is -0.640. The van der Waals surface area contributed by atoms with Crippen molar-refractivity contribution >= 4 is 11.6 Å². The monoisotopic (exact) mass is 259 g/mol. The van der Waals surface area contributed by atoms with Crippen LogP contribution in [0.2, 0.25) is 5.02 Å². The second-order valence-electron chi connectivity index (χ2n) is 4.42. The van der Waals surface area contributed by atoms with E-state index in [2.05, 4.69) is 12.2 Å². The van der Waals surface area contributed by atoms with Gasteiger partial charge in [-0.1, -0.05) is 24.6 Å². The van der Waals surface area contributed by atoms with E-state index in [4.69, 9.17) is 16.7 Å². The van der Waals surface area contributed by atoms with Crippen LogP contribution in [0.1, 0.15) is 31.9 Å². The van der Waals surface area contributed by atoms with Crippen LogP contribution in [-0.2, 0) is 0 Å². The summed E-state index contributed by atoms with van der Waals surface area (Å²) in [5, 5.41) is 12.3. The standard InChI is InChI=1S/C13H19ClFNO/c1-9(5-6-17)8-16-10(2)11-3-4-12(14)13(15)7-11/h3-4,7,9-10,16-17H,5-6,8H2,1-2H3. The van der Waals surface area contributed by atoms with Crippen molar-refractivity contribution in [1.82, 2.24) is 5.32 Å². The maximum Gasteiger partial charge on any atom is 0.142 e. The number of rotatable bonds is 6. The molecule has 2 N–H and O–H groups in total. The Morgan fingerprint density at radius 3 is 2.71 bits per heavy atom. The van der Waals surface area contributed by atoms with Crippen LogP contribution in [0.5, 0.6) is 0 Å². The van der Waals surface area contributed by atoms with Crippen molar-refractivity contribution in [1.29, 1.82) is 0 Å². The second-order valence-corrected chi connectivity index (χ2v) is 4.83. The van der Waals surface area contributed by atoms with Gasteiger partial charge >= 0.3 is 0 Å². The molecule has 0 aromatic heterocycles. The maximum absolute atomic E-state index is 13.3. The van der Waals surface area contributed by atoms with Crippen LogP contribution in [0, 0.1) is 11.7 Å². The number of benzene rings is 1. The van der Waals surface area contributed by atoms with Crippen LogP contribution in [-0.4, -0.2) is 18.3 Å². The van der Waals surface area contributed by atoms with E-state index in [1.807, 2.05) is 13.0 Å². The second kappa shape index (κ2) is 6.94. The lowest BCUT2D eigenvalue weighted by atomic mass is 10.1. The Kier molecular flexibility index (Phi) is 5.89. The molecule has 0 spiro atoms. The molecule has 0 radical (unpaired) electrons. The van der Waals surface area contributed by atoms with E-state index >= 15 is 0 Å². The zero-order valence-corrected chi connectivity index (χ0v) is 11.0. The highest BCUT2D eigenvalue weighted by molar-refractivity contribution is 6.30. The van der Waals surface area contributed by atoms with Gasteiger partial charge in [-0.25, -0.2) is 4.39 Å². The molecule has 0 amide bonds. The first-order valence-electron chi connectivity index (χ1n) is 5.83. The number of aliphatic hydroxyl groups excluding tert-OH is 1. The Bertz CT molecular complexity index is 359. The Balaban J connectivity index is 2.52. The van der Waals surface area contributed by atoms with E-state index in [0.717, 1.165) is 18.5 Å². The minimum absolute atomic E-state index is 0.0721. The average Bonchev–Trinajstić information content (AvgIpc) is 2.30. The van der Waals surface area contributed by atoms with Gasteiger partial charge in [0.1, 0.15) is 5.82 Å². The highest BCUT2D eigenvalue weighted by Crippen LogP contribution is 2.20. The summed E-state index contributed by atoms with van der Waals surface area (Å²) in [6.07, 6.45) is 0.773. The minimum atomic E-state index is -0.388. The van der Waals surface area contributed by atoms with Crippen molar-refractivity contribution in [3.63, 3.8) is 0 Å². The molecule has 1 aromatic rings. The lowest BCUT2D eigenvalue weighted by Crippen LogP contribution is -2.25. The molecule has 2 nitrogen and oxygen atoms in total. The number of nitrogens with one attached hydrogen (secondary N) is 1. The Morgan fingerprint density at radius 1 is 1.41 bits per heavy atom. The third kappa shape index (κ3) is 4.62. The van der Waals surface area contributed by atoms with Gasteiger partial charge in [-0.15, -0.1) is 0 Å². The third-order valence-electron chi connectivity index (χ3n) is 2.84. The van der Waals surface area contributed by atoms with Gasteiger partial charge in [0.15, 0.2) is 0 Å². The van der Waals surface area contributed by atoms with Crippen LogP contribution in [0.4, 0.5) is 4.39 Å². The Labute approximate surface area is 107 Å². The molecule has 96 valence electrons. The van der Waals surface area contributed by atoms with Gasteiger partial charge in [-0.3, -0.25) is 0 Å². The van der Waals surface area contributed by atoms with E-state index in [1.165, 1.54) is 6.07 Å². The third-order valence-corrected chi connectivity index (χ3v) is 3.14. The zero-order chi connectivity index (χ0) is 12.8. The summed E-state index contributed by atoms with van der Waals surface area (Å²) in [7, 11) is 0. The van der Waals surface area contributed by atoms with E-state index in [-0.39, 0.29) is 23.5 Å². The van der Waals surface area contributed by atoms with Gasteiger partial charge in [-0.05, 0) is 43.5 Å². The molecule has 0 fully saturated rings. The number of halogens is 2. The summed E-state index contributed by atoms with van der Waals surface area (Å²) in [6.45, 7) is 5.05. The summed E-state index contributed by atoms with van der Waals surface area (Å²) < 4.78 is 13.3. The first-order valence-corrected chi connectivity index (χ1v) is 6.21. The highest BCUT2D eigenvalue weighted by Gasteiger charge is 2.09. The number of hydrogen-bond acceptors (Lipinski definition) is 2. The summed E-state index contributed by atoms with van der Waals surface area (Å²) in [6, 6.07) is 4.92. The van der Waals surface area contributed by atoms with E-state index in [9.17, 15) is 4.39 Å². The summed E-state index contributed by atoms with van der Waals surface area (Å²) >= 11 is 5.63. The molecule has 17 heavy (non-hydrogen) atoms. The van der Waals surface area contributed by atoms with Crippen molar-refractivity contribution in [2.75, 3.05) is 13.2 Å². The van der Waals surface area contributed by atoms with Crippen molar-refractivity contribution in [3.8, 4) is 0 Å². The Morgan fingerprint density at radius 2 is 2.12 bits per heavy atom. The van der Waals surface area contributed by atoms with Crippen molar-refractivity contribution in [3.05, 3.63) is 34.6 Å². The van der Waals surface area contributed by atoms with Crippen LogP contribution in [0.3, 0.4) is 0 Å². The normalized spacial score (nSPS) is 14.6. The topological polar surface area (TPSA) is 32.3 Å². The smallest absolute Gasteiger partial charge is 0.142 e. The average molecular weight is 260 g/mol. The lowest BCUT2D eigenvalue weighted by Gasteiger charge is -2.17. The SMILES string of the molecule is CC(CCO)CNC(C)c1ccc(Cl)c(F)c1. The molecule has 1 aromatic carbocycles. The molecule has 0 saturated carbocycles. The molecular weight excluding hydrogens is 241 g/mol. The first-order chi connectivity index (χ1) is 8.04. The van der Waals surface area contributed by atoms with Crippen molar-refractivity contribution in [2.45, 2.75) is 26.3 Å². The fourth-order valence-electron chi connectivity index (χ4n) is 1.60. The summed E-state index contributed by atoms with van der Waals surface area (Å²) in [4.78, 5) is 0. The van der Waals surface area contributed by atoms with Gasteiger partial charge in [-0.2, -0.15) is 0 Å². The molecule has 2 atom stereocenters. The molecule has 0 saturated heterocycles. The fourth-order valence-corrected chi connectivity index (χ4v) is 1.72. The van der Waals surface area contributed by atoms with Gasteiger partial charge in [0.2, 0.25) is 0 Å². The van der Waals surface area contributed by atoms with Gasteiger partial charge < -0.3 is 10.4 Å². The molecule has 2 unspecified atom stereocenters. The summed E-state index contributed by atoms with van der Waals surface area (Å²) in [5.41, 5.74) is 0.878. The van der Waals surface area contributed by atoms with Crippen molar-refractivity contribution in [2.24, 2.45) is 5.92 Å². The van der Waals surface area contributed by atoms with Crippen LogP contribution in [0.25, 0.3) is 0 Å². The molecule has 0 bridgehead atoms. The maximum atomic E-state index is 13.3. The van der Waals surface area contributed by atoms with Crippen molar-refractivity contribution < 1.29 is 9.50 Å². The fraction of sp³-hybridized carbons (Fsp3) is 0.538. The molecule has 0 aliphatic rings. The molecular formula is C13H19ClFNO. The quantitative estimate of drug-likeness (QED) is 0.823. The molecule has 0 aliphatic heterocycles. The van der Waals surface area contributed by atoms with Gasteiger partial charge in [0, 0.05) is 12.6 Å². The van der Waals surface area contributed by atoms with Crippen LogP contribution in [0.15, 0.2) is 18.2 Å². The van der Waals surface area contributed by atoms with Gasteiger partial charge in [0.25, 0.3) is 0 Å². The zero-order valence-electron chi connectivity index (χ0n) is 10.2. The van der Waals surface area contributed by atoms with E-state index < -0.39 is 0 Å². The van der Waals surface area contributed by atoms with Gasteiger partial charge in [0.05, 0.1) is 5.02 Å². The predicted molar refractivity (Wildman–Crippen MR) is 68.7 cm³/mol. The highest BCUT2D eigenvalue weighted by atomic mass is 35.5. The molecule has 4 heteroatoms. The van der Waals surface area contributed by atoms with E-state index in [1.54, 1.807) is 6.07 Å².